The molecule has 6 nitrogen and oxygen atoms in total. The Bertz CT molecular complexity index is 1170. The summed E-state index contributed by atoms with van der Waals surface area (Å²) < 4.78 is 11.0. The van der Waals surface area contributed by atoms with Crippen LogP contribution in [0.5, 0.6) is 11.5 Å². The molecular weight excluding hydrogens is 440 g/mol. The first kappa shape index (κ1) is 23.0. The van der Waals surface area contributed by atoms with E-state index in [0.717, 1.165) is 49.4 Å². The molecule has 1 unspecified atom stereocenters. The maximum atomic E-state index is 13.2. The van der Waals surface area contributed by atoms with E-state index in [9.17, 15) is 9.59 Å². The van der Waals surface area contributed by atoms with Gasteiger partial charge >= 0.3 is 0 Å². The molecule has 1 saturated heterocycles. The first-order valence-corrected chi connectivity index (χ1v) is 12.2. The molecule has 3 aromatic rings. The molecule has 0 aliphatic carbocycles. The van der Waals surface area contributed by atoms with Crippen LogP contribution in [0.3, 0.4) is 0 Å². The van der Waals surface area contributed by atoms with Gasteiger partial charge in [0.2, 0.25) is 0 Å². The number of hydrogen-bond donors (Lipinski definition) is 1. The lowest BCUT2D eigenvalue weighted by Gasteiger charge is -2.32. The van der Waals surface area contributed by atoms with Crippen LogP contribution in [0.1, 0.15) is 34.3 Å². The van der Waals surface area contributed by atoms with Gasteiger partial charge < -0.3 is 19.7 Å². The van der Waals surface area contributed by atoms with Crippen molar-refractivity contribution in [3.8, 4) is 11.5 Å². The fourth-order valence-electron chi connectivity index (χ4n) is 4.90. The number of piperidine rings is 1. The molecule has 180 valence electrons. The molecule has 0 aromatic heterocycles. The number of rotatable bonds is 6. The minimum atomic E-state index is -0.559. The SMILES string of the molecule is COc1ccc(CC2CCN(C(=O)c3cccc(NC(=O)C4Cc5ccccc5O4)c3)CC2)cc1. The molecule has 35 heavy (non-hydrogen) atoms. The summed E-state index contributed by atoms with van der Waals surface area (Å²) in [5, 5.41) is 2.92. The molecule has 3 aromatic carbocycles. The third-order valence-corrected chi connectivity index (χ3v) is 6.90. The number of carbonyl (C=O) groups is 2. The average molecular weight is 471 g/mol. The van der Waals surface area contributed by atoms with E-state index in [0.29, 0.717) is 23.6 Å². The highest BCUT2D eigenvalue weighted by molar-refractivity contribution is 5.98. The third-order valence-electron chi connectivity index (χ3n) is 6.90. The summed E-state index contributed by atoms with van der Waals surface area (Å²) in [6, 6.07) is 23.1. The number of carbonyl (C=O) groups excluding carboxylic acids is 2. The normalized spacial score (nSPS) is 17.4. The van der Waals surface area contributed by atoms with Crippen LogP contribution in [0.25, 0.3) is 0 Å². The molecule has 1 fully saturated rings. The van der Waals surface area contributed by atoms with Gasteiger partial charge in [-0.2, -0.15) is 0 Å². The van der Waals surface area contributed by atoms with E-state index >= 15 is 0 Å². The molecule has 0 spiro atoms. The van der Waals surface area contributed by atoms with Crippen molar-refractivity contribution in [1.82, 2.24) is 4.90 Å². The number of nitrogens with one attached hydrogen (secondary N) is 1. The Balaban J connectivity index is 1.14. The van der Waals surface area contributed by atoms with Crippen LogP contribution in [0, 0.1) is 5.92 Å². The van der Waals surface area contributed by atoms with Crippen molar-refractivity contribution in [1.29, 1.82) is 0 Å². The number of benzene rings is 3. The molecular formula is C29H30N2O4. The molecule has 0 radical (unpaired) electrons. The van der Waals surface area contributed by atoms with Gasteiger partial charge in [0, 0.05) is 30.8 Å². The van der Waals surface area contributed by atoms with Crippen molar-refractivity contribution in [3.05, 3.63) is 89.5 Å². The largest absolute Gasteiger partial charge is 0.497 e. The standard InChI is InChI=1S/C29H30N2O4/c1-34-25-11-9-20(10-12-25)17-21-13-15-31(16-14-21)29(33)23-6-4-7-24(18-23)30-28(32)27-19-22-5-2-3-8-26(22)35-27/h2-12,18,21,27H,13-17,19H2,1H3,(H,30,32). The smallest absolute Gasteiger partial charge is 0.265 e. The summed E-state index contributed by atoms with van der Waals surface area (Å²) in [4.78, 5) is 27.8. The zero-order valence-electron chi connectivity index (χ0n) is 19.9. The average Bonchev–Trinajstić information content (AvgIpc) is 3.34. The molecule has 2 amide bonds. The maximum absolute atomic E-state index is 13.2. The van der Waals surface area contributed by atoms with Crippen LogP contribution in [0.2, 0.25) is 0 Å². The Kier molecular flexibility index (Phi) is 6.70. The highest BCUT2D eigenvalue weighted by atomic mass is 16.5. The molecule has 2 heterocycles. The van der Waals surface area contributed by atoms with Crippen LogP contribution in [0.4, 0.5) is 5.69 Å². The Morgan fingerprint density at radius 1 is 1.00 bits per heavy atom. The fourth-order valence-corrected chi connectivity index (χ4v) is 4.90. The first-order chi connectivity index (χ1) is 17.1. The zero-order valence-corrected chi connectivity index (χ0v) is 19.9. The minimum absolute atomic E-state index is 0.00789. The Morgan fingerprint density at radius 2 is 1.77 bits per heavy atom. The van der Waals surface area contributed by atoms with Crippen molar-refractivity contribution in [2.75, 3.05) is 25.5 Å². The Morgan fingerprint density at radius 3 is 2.51 bits per heavy atom. The highest BCUT2D eigenvalue weighted by Gasteiger charge is 2.29. The summed E-state index contributed by atoms with van der Waals surface area (Å²) in [6.45, 7) is 1.48. The molecule has 2 aliphatic heterocycles. The Labute approximate surface area is 205 Å². The van der Waals surface area contributed by atoms with E-state index in [1.807, 2.05) is 53.4 Å². The van der Waals surface area contributed by atoms with Crippen LogP contribution < -0.4 is 14.8 Å². The second-order valence-electron chi connectivity index (χ2n) is 9.28. The van der Waals surface area contributed by atoms with Crippen molar-refractivity contribution >= 4 is 17.5 Å². The van der Waals surface area contributed by atoms with Crippen LogP contribution >= 0.6 is 0 Å². The zero-order chi connectivity index (χ0) is 24.2. The predicted molar refractivity (Wildman–Crippen MR) is 135 cm³/mol. The number of hydrogen-bond acceptors (Lipinski definition) is 4. The molecule has 0 bridgehead atoms. The van der Waals surface area contributed by atoms with E-state index in [-0.39, 0.29) is 11.8 Å². The topological polar surface area (TPSA) is 67.9 Å². The number of amides is 2. The summed E-state index contributed by atoms with van der Waals surface area (Å²) in [5.74, 6) is 1.99. The van der Waals surface area contributed by atoms with Crippen molar-refractivity contribution < 1.29 is 19.1 Å². The monoisotopic (exact) mass is 470 g/mol. The summed E-state index contributed by atoms with van der Waals surface area (Å²) in [7, 11) is 1.68. The van der Waals surface area contributed by atoms with Gasteiger partial charge in [-0.1, -0.05) is 36.4 Å². The number of para-hydroxylation sites is 1. The van der Waals surface area contributed by atoms with Gasteiger partial charge in [-0.15, -0.1) is 0 Å². The summed E-state index contributed by atoms with van der Waals surface area (Å²) >= 11 is 0. The van der Waals surface area contributed by atoms with Gasteiger partial charge in [-0.3, -0.25) is 9.59 Å². The van der Waals surface area contributed by atoms with Crippen molar-refractivity contribution in [2.24, 2.45) is 5.92 Å². The molecule has 5 rings (SSSR count). The van der Waals surface area contributed by atoms with Gasteiger partial charge in [0.15, 0.2) is 6.10 Å². The number of nitrogens with zero attached hydrogens (tertiary/aromatic N) is 1. The van der Waals surface area contributed by atoms with Gasteiger partial charge in [-0.05, 0) is 72.7 Å². The van der Waals surface area contributed by atoms with Crippen molar-refractivity contribution in [3.63, 3.8) is 0 Å². The van der Waals surface area contributed by atoms with Gasteiger partial charge in [0.05, 0.1) is 7.11 Å². The number of fused-ring (bicyclic) bond motifs is 1. The van der Waals surface area contributed by atoms with Crippen LogP contribution in [-0.2, 0) is 17.6 Å². The van der Waals surface area contributed by atoms with E-state index in [4.69, 9.17) is 9.47 Å². The fraction of sp³-hybridized carbons (Fsp3) is 0.310. The summed E-state index contributed by atoms with van der Waals surface area (Å²) in [5.41, 5.74) is 3.53. The third kappa shape index (κ3) is 5.32. The van der Waals surface area contributed by atoms with E-state index in [1.165, 1.54) is 5.56 Å². The summed E-state index contributed by atoms with van der Waals surface area (Å²) in [6.07, 6.45) is 2.96. The van der Waals surface area contributed by atoms with Crippen LogP contribution in [-0.4, -0.2) is 43.0 Å². The molecule has 0 saturated carbocycles. The quantitative estimate of drug-likeness (QED) is 0.566. The molecule has 2 aliphatic rings. The molecule has 6 heteroatoms. The number of methoxy groups -OCH3 is 1. The molecule has 1 N–H and O–H groups in total. The van der Waals surface area contributed by atoms with Gasteiger partial charge in [0.1, 0.15) is 11.5 Å². The van der Waals surface area contributed by atoms with E-state index < -0.39 is 6.10 Å². The first-order valence-electron chi connectivity index (χ1n) is 12.2. The van der Waals surface area contributed by atoms with E-state index in [1.54, 1.807) is 19.2 Å². The second kappa shape index (κ2) is 10.2. The molecule has 1 atom stereocenters. The van der Waals surface area contributed by atoms with Crippen molar-refractivity contribution in [2.45, 2.75) is 31.8 Å². The number of ether oxygens (including phenoxy) is 2. The lowest BCUT2D eigenvalue weighted by atomic mass is 9.90. The number of anilines is 1. The predicted octanol–water partition coefficient (Wildman–Crippen LogP) is 4.73. The van der Waals surface area contributed by atoms with E-state index in [2.05, 4.69) is 17.4 Å². The highest BCUT2D eigenvalue weighted by Crippen LogP contribution is 2.29. The van der Waals surface area contributed by atoms with Gasteiger partial charge in [-0.25, -0.2) is 0 Å². The van der Waals surface area contributed by atoms with Crippen LogP contribution in [0.15, 0.2) is 72.8 Å². The Hall–Kier alpha value is -3.80. The maximum Gasteiger partial charge on any atom is 0.265 e. The second-order valence-corrected chi connectivity index (χ2v) is 9.28. The minimum Gasteiger partial charge on any atom is -0.497 e. The lowest BCUT2D eigenvalue weighted by Crippen LogP contribution is -2.39. The van der Waals surface area contributed by atoms with Gasteiger partial charge in [0.25, 0.3) is 11.8 Å². The number of likely N-dealkylation sites (tertiary alicyclic amines) is 1. The lowest BCUT2D eigenvalue weighted by molar-refractivity contribution is -0.122.